The molecule has 6 nitrogen and oxygen atoms in total. The molecule has 0 aromatic rings. The van der Waals surface area contributed by atoms with E-state index >= 15 is 0 Å². The lowest BCUT2D eigenvalue weighted by atomic mass is 10.0. The van der Waals surface area contributed by atoms with Gasteiger partial charge in [-0.3, -0.25) is 9.59 Å². The molecule has 6 heteroatoms. The van der Waals surface area contributed by atoms with Gasteiger partial charge in [0.05, 0.1) is 25.4 Å². The molecule has 0 bridgehead atoms. The van der Waals surface area contributed by atoms with Gasteiger partial charge in [-0.15, -0.1) is 0 Å². The van der Waals surface area contributed by atoms with Crippen LogP contribution in [-0.4, -0.2) is 47.4 Å². The Morgan fingerprint density at radius 3 is 1.04 bits per heavy atom. The van der Waals surface area contributed by atoms with Gasteiger partial charge < -0.3 is 20.3 Å². The number of unbranched alkanes of at least 4 members (excludes halogenated alkanes) is 44. The number of allylic oxidation sites excluding steroid dienone is 3. The second-order valence-corrected chi connectivity index (χ2v) is 21.0. The Kier molecular flexibility index (Phi) is 56.5. The summed E-state index contributed by atoms with van der Waals surface area (Å²) in [6.45, 7) is 4.91. The normalized spacial score (nSPS) is 12.7. The quantitative estimate of drug-likeness (QED) is 0.0321. The average Bonchev–Trinajstić information content (AvgIpc) is 3.34. The highest BCUT2D eigenvalue weighted by molar-refractivity contribution is 5.76. The molecule has 2 unspecified atom stereocenters. The summed E-state index contributed by atoms with van der Waals surface area (Å²) < 4.78 is 5.49. The number of amides is 1. The van der Waals surface area contributed by atoms with Crippen LogP contribution in [0.25, 0.3) is 0 Å². The predicted octanol–water partition coefficient (Wildman–Crippen LogP) is 19.0. The van der Waals surface area contributed by atoms with E-state index in [1.165, 1.54) is 263 Å². The summed E-state index contributed by atoms with van der Waals surface area (Å²) in [5, 5.41) is 23.1. The van der Waals surface area contributed by atoms with Crippen LogP contribution >= 0.6 is 0 Å². The molecule has 0 aromatic carbocycles. The summed E-state index contributed by atoms with van der Waals surface area (Å²) in [6, 6.07) is -0.635. The number of hydrogen-bond acceptors (Lipinski definition) is 5. The van der Waals surface area contributed by atoms with Crippen LogP contribution in [0.3, 0.4) is 0 Å². The highest BCUT2D eigenvalue weighted by Gasteiger charge is 2.18. The van der Waals surface area contributed by atoms with Gasteiger partial charge in [-0.1, -0.05) is 289 Å². The topological polar surface area (TPSA) is 95.9 Å². The summed E-state index contributed by atoms with van der Waals surface area (Å²) in [5.74, 6) is -0.0688. The number of aliphatic hydroxyl groups excluding tert-OH is 2. The molecule has 0 saturated heterocycles. The van der Waals surface area contributed by atoms with Crippen molar-refractivity contribution in [3.05, 3.63) is 24.3 Å². The number of rotatable bonds is 57. The molecule has 68 heavy (non-hydrogen) atoms. The number of carbonyl (C=O) groups excluding carboxylic acids is 2. The maximum absolute atomic E-state index is 12.5. The van der Waals surface area contributed by atoms with Gasteiger partial charge in [-0.25, -0.2) is 0 Å². The van der Waals surface area contributed by atoms with Crippen LogP contribution < -0.4 is 5.32 Å². The van der Waals surface area contributed by atoms with Crippen molar-refractivity contribution in [3.8, 4) is 0 Å². The van der Waals surface area contributed by atoms with Crippen LogP contribution in [-0.2, 0) is 14.3 Å². The molecule has 2 atom stereocenters. The van der Waals surface area contributed by atoms with Crippen LogP contribution in [0.5, 0.6) is 0 Å². The molecule has 0 aromatic heterocycles. The lowest BCUT2D eigenvalue weighted by molar-refractivity contribution is -0.143. The number of esters is 1. The maximum atomic E-state index is 12.5. The van der Waals surface area contributed by atoms with Crippen molar-refractivity contribution in [1.82, 2.24) is 5.32 Å². The Balaban J connectivity index is 3.45. The van der Waals surface area contributed by atoms with Gasteiger partial charge in [0.1, 0.15) is 0 Å². The number of carbonyl (C=O) groups is 2. The zero-order valence-corrected chi connectivity index (χ0v) is 45.9. The minimum atomic E-state index is -0.850. The highest BCUT2D eigenvalue weighted by Crippen LogP contribution is 2.17. The van der Waals surface area contributed by atoms with Crippen LogP contribution in [0.15, 0.2) is 24.3 Å². The molecule has 0 saturated carbocycles. The van der Waals surface area contributed by atoms with E-state index in [0.717, 1.165) is 44.9 Å². The highest BCUT2D eigenvalue weighted by atomic mass is 16.5. The van der Waals surface area contributed by atoms with Crippen molar-refractivity contribution >= 4 is 11.9 Å². The van der Waals surface area contributed by atoms with Crippen LogP contribution in [0.4, 0.5) is 0 Å². The molecule has 0 rings (SSSR count). The number of ether oxygens (including phenoxy) is 1. The molecule has 0 spiro atoms. The third kappa shape index (κ3) is 53.7. The molecule has 0 aliphatic heterocycles. The van der Waals surface area contributed by atoms with Gasteiger partial charge >= 0.3 is 5.97 Å². The Hall–Kier alpha value is -1.66. The summed E-state index contributed by atoms with van der Waals surface area (Å²) in [7, 11) is 0. The van der Waals surface area contributed by atoms with E-state index in [2.05, 4.69) is 31.3 Å². The Morgan fingerprint density at radius 1 is 0.397 bits per heavy atom. The summed E-state index contributed by atoms with van der Waals surface area (Å²) in [4.78, 5) is 24.5. The Morgan fingerprint density at radius 2 is 0.691 bits per heavy atom. The smallest absolute Gasteiger partial charge is 0.305 e. The van der Waals surface area contributed by atoms with Crippen molar-refractivity contribution in [3.63, 3.8) is 0 Å². The fourth-order valence-corrected chi connectivity index (χ4v) is 9.51. The zero-order valence-electron chi connectivity index (χ0n) is 45.9. The fraction of sp³-hybridized carbons (Fsp3) is 0.903. The first-order valence-electron chi connectivity index (χ1n) is 30.6. The molecule has 0 fully saturated rings. The third-order valence-electron chi connectivity index (χ3n) is 14.2. The minimum Gasteiger partial charge on any atom is -0.466 e. The van der Waals surface area contributed by atoms with Gasteiger partial charge in [-0.05, 0) is 57.8 Å². The average molecular weight is 959 g/mol. The number of hydrogen-bond donors (Lipinski definition) is 3. The largest absolute Gasteiger partial charge is 0.466 e. The first kappa shape index (κ1) is 66.3. The Labute approximate surface area is 424 Å². The van der Waals surface area contributed by atoms with Gasteiger partial charge in [-0.2, -0.15) is 0 Å². The van der Waals surface area contributed by atoms with Gasteiger partial charge in [0.2, 0.25) is 5.91 Å². The summed E-state index contributed by atoms with van der Waals surface area (Å²) in [6.07, 6.45) is 70.6. The van der Waals surface area contributed by atoms with E-state index in [0.29, 0.717) is 19.4 Å². The molecule has 0 radical (unpaired) electrons. The molecule has 0 heterocycles. The molecular formula is C62H119NO5. The molecule has 3 N–H and O–H groups in total. The molecular weight excluding hydrogens is 839 g/mol. The van der Waals surface area contributed by atoms with Crippen molar-refractivity contribution in [2.45, 2.75) is 347 Å². The van der Waals surface area contributed by atoms with E-state index in [4.69, 9.17) is 4.74 Å². The van der Waals surface area contributed by atoms with Crippen molar-refractivity contribution in [2.75, 3.05) is 13.2 Å². The van der Waals surface area contributed by atoms with E-state index in [1.54, 1.807) is 6.08 Å². The predicted molar refractivity (Wildman–Crippen MR) is 296 cm³/mol. The first-order valence-corrected chi connectivity index (χ1v) is 30.6. The zero-order chi connectivity index (χ0) is 49.3. The van der Waals surface area contributed by atoms with Crippen LogP contribution in [0.2, 0.25) is 0 Å². The van der Waals surface area contributed by atoms with Crippen LogP contribution in [0, 0.1) is 0 Å². The van der Waals surface area contributed by atoms with Gasteiger partial charge in [0.25, 0.3) is 0 Å². The summed E-state index contributed by atoms with van der Waals surface area (Å²) >= 11 is 0. The number of aliphatic hydroxyl groups is 2. The van der Waals surface area contributed by atoms with E-state index in [9.17, 15) is 19.8 Å². The number of nitrogens with one attached hydrogen (secondary N) is 1. The van der Waals surface area contributed by atoms with E-state index < -0.39 is 12.1 Å². The second kappa shape index (κ2) is 57.9. The van der Waals surface area contributed by atoms with E-state index in [-0.39, 0.29) is 18.5 Å². The van der Waals surface area contributed by atoms with Crippen molar-refractivity contribution in [2.24, 2.45) is 0 Å². The van der Waals surface area contributed by atoms with Crippen molar-refractivity contribution < 1.29 is 24.5 Å². The lowest BCUT2D eigenvalue weighted by Gasteiger charge is -2.20. The molecule has 1 amide bonds. The monoisotopic (exact) mass is 958 g/mol. The first-order chi connectivity index (χ1) is 33.5. The molecule has 0 aliphatic carbocycles. The molecule has 402 valence electrons. The Bertz CT molecular complexity index is 1060. The van der Waals surface area contributed by atoms with Gasteiger partial charge in [0, 0.05) is 12.8 Å². The van der Waals surface area contributed by atoms with Crippen molar-refractivity contribution in [1.29, 1.82) is 0 Å². The van der Waals surface area contributed by atoms with E-state index in [1.807, 2.05) is 6.08 Å². The maximum Gasteiger partial charge on any atom is 0.305 e. The minimum absolute atomic E-state index is 0.00696. The standard InChI is InChI=1S/C62H119NO5/c1-3-5-7-9-11-13-15-17-19-26-30-34-38-42-46-50-54-60(65)59(58-64)63-61(66)55-51-47-43-39-35-31-27-24-22-21-23-25-29-33-37-41-45-49-53-57-68-62(67)56-52-48-44-40-36-32-28-20-18-16-14-12-10-8-6-4-2/h21-22,50,54,59-60,64-65H,3-20,23-49,51-53,55-58H2,1-2H3,(H,63,66)/b22-21-,54-50+. The third-order valence-corrected chi connectivity index (χ3v) is 14.2. The second-order valence-electron chi connectivity index (χ2n) is 21.0. The molecule has 0 aliphatic rings. The van der Waals surface area contributed by atoms with Crippen LogP contribution in [0.1, 0.15) is 335 Å². The van der Waals surface area contributed by atoms with Gasteiger partial charge in [0.15, 0.2) is 0 Å². The fourth-order valence-electron chi connectivity index (χ4n) is 9.51. The summed E-state index contributed by atoms with van der Waals surface area (Å²) in [5.41, 5.74) is 0. The SMILES string of the molecule is CCCCCCCCCCCCCCCC/C=C/C(O)C(CO)NC(=O)CCCCCCCCC/C=C\CCCCCCCCCCOC(=O)CCCCCCCCCCCCCCCCCC. The lowest BCUT2D eigenvalue weighted by Crippen LogP contribution is -2.45.